The van der Waals surface area contributed by atoms with Crippen LogP contribution >= 0.6 is 0 Å². The van der Waals surface area contributed by atoms with Gasteiger partial charge in [-0.25, -0.2) is 0 Å². The Kier molecular flexibility index (Phi) is 6.14. The second-order valence-electron chi connectivity index (χ2n) is 5.28. The van der Waals surface area contributed by atoms with Crippen LogP contribution in [-0.4, -0.2) is 25.7 Å². The maximum Gasteiger partial charge on any atom is 0.240 e. The Morgan fingerprint density at radius 1 is 1.44 bits per heavy atom. The van der Waals surface area contributed by atoms with E-state index in [0.29, 0.717) is 31.9 Å². The molecule has 1 saturated carbocycles. The lowest BCUT2D eigenvalue weighted by molar-refractivity contribution is -0.133. The summed E-state index contributed by atoms with van der Waals surface area (Å²) in [5.41, 5.74) is -0.748. The first-order chi connectivity index (χ1) is 8.64. The monoisotopic (exact) mass is 252 g/mol. The van der Waals surface area contributed by atoms with E-state index in [0.717, 1.165) is 25.9 Å². The highest BCUT2D eigenvalue weighted by Crippen LogP contribution is 2.44. The number of carbonyl (C=O) groups is 1. The lowest BCUT2D eigenvalue weighted by Crippen LogP contribution is -2.48. The van der Waals surface area contributed by atoms with E-state index in [9.17, 15) is 4.79 Å². The predicted octanol–water partition coefficient (Wildman–Crippen LogP) is 2.25. The molecule has 0 spiro atoms. The van der Waals surface area contributed by atoms with Crippen LogP contribution in [0.4, 0.5) is 0 Å². The zero-order valence-electron chi connectivity index (χ0n) is 11.5. The molecule has 1 rings (SSSR count). The lowest BCUT2D eigenvalue weighted by atomic mass is 9.63. The fraction of sp³-hybridized carbons (Fsp3) is 0.857. The summed E-state index contributed by atoms with van der Waals surface area (Å²) in [7, 11) is 0. The Balaban J connectivity index is 2.09. The average Bonchev–Trinajstić information content (AvgIpc) is 2.33. The zero-order chi connectivity index (χ0) is 13.4. The summed E-state index contributed by atoms with van der Waals surface area (Å²) in [4.78, 5) is 11.9. The van der Waals surface area contributed by atoms with Gasteiger partial charge >= 0.3 is 0 Å². The highest BCUT2D eigenvalue weighted by atomic mass is 16.5. The van der Waals surface area contributed by atoms with Gasteiger partial charge in [0, 0.05) is 19.8 Å². The van der Waals surface area contributed by atoms with Crippen LogP contribution in [0.1, 0.15) is 46.0 Å². The van der Waals surface area contributed by atoms with Gasteiger partial charge in [-0.15, -0.1) is 0 Å². The average molecular weight is 252 g/mol. The standard InChI is InChI=1S/C14H24N2O2/c1-3-4-7-18-8-5-6-16-13(17)14(11-15)9-12(2)10-14/h12H,3-10H2,1-2H3,(H,16,17). The van der Waals surface area contributed by atoms with Crippen LogP contribution in [0.15, 0.2) is 0 Å². The van der Waals surface area contributed by atoms with Crippen molar-refractivity contribution < 1.29 is 9.53 Å². The molecule has 0 heterocycles. The molecule has 0 atom stereocenters. The summed E-state index contributed by atoms with van der Waals surface area (Å²) in [6.45, 7) is 6.28. The molecule has 0 radical (unpaired) electrons. The molecule has 4 nitrogen and oxygen atoms in total. The van der Waals surface area contributed by atoms with E-state index in [1.54, 1.807) is 0 Å². The number of amides is 1. The second kappa shape index (κ2) is 7.38. The summed E-state index contributed by atoms with van der Waals surface area (Å²) in [6.07, 6.45) is 4.43. The Hall–Kier alpha value is -1.08. The molecule has 4 heteroatoms. The van der Waals surface area contributed by atoms with Crippen molar-refractivity contribution >= 4 is 5.91 Å². The van der Waals surface area contributed by atoms with Gasteiger partial charge in [0.05, 0.1) is 6.07 Å². The summed E-state index contributed by atoms with van der Waals surface area (Å²) >= 11 is 0. The summed E-state index contributed by atoms with van der Waals surface area (Å²) in [6, 6.07) is 2.17. The van der Waals surface area contributed by atoms with E-state index in [1.165, 1.54) is 0 Å². The van der Waals surface area contributed by atoms with Gasteiger partial charge in [-0.3, -0.25) is 4.79 Å². The van der Waals surface area contributed by atoms with Crippen molar-refractivity contribution in [1.82, 2.24) is 5.32 Å². The minimum atomic E-state index is -0.748. The minimum absolute atomic E-state index is 0.100. The third-order valence-corrected chi connectivity index (χ3v) is 3.44. The largest absolute Gasteiger partial charge is 0.381 e. The minimum Gasteiger partial charge on any atom is -0.381 e. The first-order valence-corrected chi connectivity index (χ1v) is 6.92. The fourth-order valence-corrected chi connectivity index (χ4v) is 2.35. The number of unbranched alkanes of at least 4 members (excludes halogenated alkanes) is 1. The summed E-state index contributed by atoms with van der Waals surface area (Å²) in [5.74, 6) is 0.393. The highest BCUT2D eigenvalue weighted by molar-refractivity contribution is 5.86. The third kappa shape index (κ3) is 3.99. The molecule has 0 aromatic heterocycles. The van der Waals surface area contributed by atoms with Crippen LogP contribution in [-0.2, 0) is 9.53 Å². The quantitative estimate of drug-likeness (QED) is 0.674. The molecule has 0 saturated heterocycles. The zero-order valence-corrected chi connectivity index (χ0v) is 11.5. The fourth-order valence-electron chi connectivity index (χ4n) is 2.35. The molecule has 1 fully saturated rings. The molecule has 0 aromatic rings. The number of ether oxygens (including phenoxy) is 1. The van der Waals surface area contributed by atoms with E-state index in [4.69, 9.17) is 10.00 Å². The normalized spacial score (nSPS) is 26.2. The number of rotatable bonds is 8. The van der Waals surface area contributed by atoms with Gasteiger partial charge in [0.1, 0.15) is 5.41 Å². The third-order valence-electron chi connectivity index (χ3n) is 3.44. The van der Waals surface area contributed by atoms with Gasteiger partial charge in [0.25, 0.3) is 0 Å². The van der Waals surface area contributed by atoms with Gasteiger partial charge < -0.3 is 10.1 Å². The Morgan fingerprint density at radius 3 is 2.67 bits per heavy atom. The number of carbonyl (C=O) groups excluding carboxylic acids is 1. The lowest BCUT2D eigenvalue weighted by Gasteiger charge is -2.39. The molecule has 18 heavy (non-hydrogen) atoms. The van der Waals surface area contributed by atoms with Gasteiger partial charge in [-0.05, 0) is 31.6 Å². The van der Waals surface area contributed by atoms with Crippen LogP contribution in [0.3, 0.4) is 0 Å². The molecule has 0 aromatic carbocycles. The molecular weight excluding hydrogens is 228 g/mol. The molecule has 1 aliphatic carbocycles. The predicted molar refractivity (Wildman–Crippen MR) is 69.8 cm³/mol. The maximum absolute atomic E-state index is 11.9. The highest BCUT2D eigenvalue weighted by Gasteiger charge is 2.48. The van der Waals surface area contributed by atoms with E-state index >= 15 is 0 Å². The number of nitrogens with zero attached hydrogens (tertiary/aromatic N) is 1. The van der Waals surface area contributed by atoms with Crippen molar-refractivity contribution in [2.45, 2.75) is 46.0 Å². The van der Waals surface area contributed by atoms with Gasteiger partial charge in [-0.1, -0.05) is 20.3 Å². The van der Waals surface area contributed by atoms with Crippen LogP contribution in [0.25, 0.3) is 0 Å². The molecule has 0 unspecified atom stereocenters. The Morgan fingerprint density at radius 2 is 2.11 bits per heavy atom. The van der Waals surface area contributed by atoms with Crippen LogP contribution < -0.4 is 5.32 Å². The van der Waals surface area contributed by atoms with Crippen molar-refractivity contribution in [1.29, 1.82) is 5.26 Å². The van der Waals surface area contributed by atoms with Crippen molar-refractivity contribution in [3.05, 3.63) is 0 Å². The first-order valence-electron chi connectivity index (χ1n) is 6.92. The van der Waals surface area contributed by atoms with E-state index in [-0.39, 0.29) is 5.91 Å². The number of hydrogen-bond acceptors (Lipinski definition) is 3. The number of nitrogens with one attached hydrogen (secondary N) is 1. The molecule has 1 aliphatic rings. The first kappa shape index (κ1) is 15.0. The van der Waals surface area contributed by atoms with Crippen molar-refractivity contribution in [3.8, 4) is 6.07 Å². The second-order valence-corrected chi connectivity index (χ2v) is 5.28. The Bertz CT molecular complexity index is 303. The van der Waals surface area contributed by atoms with E-state index in [1.807, 2.05) is 0 Å². The molecule has 1 amide bonds. The van der Waals surface area contributed by atoms with Crippen molar-refractivity contribution in [2.75, 3.05) is 19.8 Å². The number of nitriles is 1. The SMILES string of the molecule is CCCCOCCCNC(=O)C1(C#N)CC(C)C1. The van der Waals surface area contributed by atoms with E-state index < -0.39 is 5.41 Å². The summed E-state index contributed by atoms with van der Waals surface area (Å²) < 4.78 is 5.41. The maximum atomic E-state index is 11.9. The van der Waals surface area contributed by atoms with Crippen LogP contribution in [0, 0.1) is 22.7 Å². The smallest absolute Gasteiger partial charge is 0.240 e. The molecular formula is C14H24N2O2. The molecule has 0 aliphatic heterocycles. The van der Waals surface area contributed by atoms with E-state index in [2.05, 4.69) is 25.2 Å². The van der Waals surface area contributed by atoms with Crippen molar-refractivity contribution in [3.63, 3.8) is 0 Å². The van der Waals surface area contributed by atoms with Gasteiger partial charge in [-0.2, -0.15) is 5.26 Å². The van der Waals surface area contributed by atoms with Crippen molar-refractivity contribution in [2.24, 2.45) is 11.3 Å². The molecule has 102 valence electrons. The van der Waals surface area contributed by atoms with Gasteiger partial charge in [0.2, 0.25) is 5.91 Å². The van der Waals surface area contributed by atoms with Gasteiger partial charge in [0.15, 0.2) is 0 Å². The van der Waals surface area contributed by atoms with Crippen LogP contribution in [0.5, 0.6) is 0 Å². The van der Waals surface area contributed by atoms with Crippen LogP contribution in [0.2, 0.25) is 0 Å². The number of hydrogen-bond donors (Lipinski definition) is 1. The molecule has 1 N–H and O–H groups in total. The topological polar surface area (TPSA) is 62.1 Å². The summed E-state index contributed by atoms with van der Waals surface area (Å²) in [5, 5.41) is 11.9. The Labute approximate surface area is 110 Å². The molecule has 0 bridgehead atoms.